The predicted molar refractivity (Wildman–Crippen MR) is 91.0 cm³/mol. The standard InChI is InChI=1S/C18H32N2O/c1-7-19-18(13-20(15(4)5)12-14(2)3)16-8-10-17(21-6)11-9-16/h8-11,14-15,18-19H,7,12-13H2,1-6H3. The van der Waals surface area contributed by atoms with E-state index in [1.165, 1.54) is 5.56 Å². The highest BCUT2D eigenvalue weighted by atomic mass is 16.5. The van der Waals surface area contributed by atoms with Crippen molar-refractivity contribution < 1.29 is 4.74 Å². The van der Waals surface area contributed by atoms with Gasteiger partial charge in [-0.2, -0.15) is 0 Å². The lowest BCUT2D eigenvalue weighted by atomic mass is 10.0. The second kappa shape index (κ2) is 9.06. The van der Waals surface area contributed by atoms with E-state index in [1.807, 2.05) is 12.1 Å². The predicted octanol–water partition coefficient (Wildman–Crippen LogP) is 3.71. The van der Waals surface area contributed by atoms with Gasteiger partial charge >= 0.3 is 0 Å². The number of methoxy groups -OCH3 is 1. The van der Waals surface area contributed by atoms with Crippen molar-refractivity contribution in [1.29, 1.82) is 0 Å². The van der Waals surface area contributed by atoms with E-state index in [1.54, 1.807) is 7.11 Å². The van der Waals surface area contributed by atoms with Gasteiger partial charge in [-0.1, -0.05) is 32.9 Å². The highest BCUT2D eigenvalue weighted by Crippen LogP contribution is 2.20. The number of rotatable bonds is 9. The Morgan fingerprint density at radius 2 is 1.67 bits per heavy atom. The molecule has 1 rings (SSSR count). The molecule has 0 radical (unpaired) electrons. The average Bonchev–Trinajstić information content (AvgIpc) is 2.45. The quantitative estimate of drug-likeness (QED) is 0.751. The number of hydrogen-bond donors (Lipinski definition) is 1. The lowest BCUT2D eigenvalue weighted by Gasteiger charge is -2.32. The summed E-state index contributed by atoms with van der Waals surface area (Å²) in [7, 11) is 1.71. The van der Waals surface area contributed by atoms with Crippen LogP contribution in [0.2, 0.25) is 0 Å². The zero-order valence-corrected chi connectivity index (χ0v) is 14.5. The van der Waals surface area contributed by atoms with Gasteiger partial charge in [-0.05, 0) is 44.0 Å². The molecule has 0 saturated carbocycles. The van der Waals surface area contributed by atoms with Crippen LogP contribution in [-0.4, -0.2) is 37.7 Å². The third-order valence-corrected chi connectivity index (χ3v) is 3.72. The second-order valence-corrected chi connectivity index (χ2v) is 6.32. The Morgan fingerprint density at radius 1 is 1.05 bits per heavy atom. The third-order valence-electron chi connectivity index (χ3n) is 3.72. The fourth-order valence-electron chi connectivity index (χ4n) is 2.57. The fraction of sp³-hybridized carbons (Fsp3) is 0.667. The molecule has 0 aliphatic heterocycles. The summed E-state index contributed by atoms with van der Waals surface area (Å²) in [5, 5.41) is 3.61. The van der Waals surface area contributed by atoms with Crippen LogP contribution in [0, 0.1) is 5.92 Å². The lowest BCUT2D eigenvalue weighted by molar-refractivity contribution is 0.177. The number of ether oxygens (including phenoxy) is 1. The van der Waals surface area contributed by atoms with Gasteiger partial charge in [-0.25, -0.2) is 0 Å². The first-order valence-corrected chi connectivity index (χ1v) is 8.09. The van der Waals surface area contributed by atoms with Crippen molar-refractivity contribution in [1.82, 2.24) is 10.2 Å². The van der Waals surface area contributed by atoms with Crippen LogP contribution in [0.3, 0.4) is 0 Å². The van der Waals surface area contributed by atoms with Crippen molar-refractivity contribution in [2.24, 2.45) is 5.92 Å². The molecule has 1 atom stereocenters. The summed E-state index contributed by atoms with van der Waals surface area (Å²) in [4.78, 5) is 2.56. The van der Waals surface area contributed by atoms with E-state index in [0.717, 1.165) is 25.4 Å². The highest BCUT2D eigenvalue weighted by molar-refractivity contribution is 5.29. The van der Waals surface area contributed by atoms with Crippen molar-refractivity contribution in [3.05, 3.63) is 29.8 Å². The van der Waals surface area contributed by atoms with Gasteiger partial charge in [0.05, 0.1) is 7.11 Å². The summed E-state index contributed by atoms with van der Waals surface area (Å²) >= 11 is 0. The molecule has 0 fully saturated rings. The molecule has 0 saturated heterocycles. The maximum absolute atomic E-state index is 5.25. The van der Waals surface area contributed by atoms with Gasteiger partial charge in [0.25, 0.3) is 0 Å². The Morgan fingerprint density at radius 3 is 2.10 bits per heavy atom. The van der Waals surface area contributed by atoms with Crippen molar-refractivity contribution >= 4 is 0 Å². The molecule has 1 aromatic rings. The number of hydrogen-bond acceptors (Lipinski definition) is 3. The molecular formula is C18H32N2O. The van der Waals surface area contributed by atoms with E-state index < -0.39 is 0 Å². The zero-order valence-electron chi connectivity index (χ0n) is 14.5. The molecule has 120 valence electrons. The maximum Gasteiger partial charge on any atom is 0.118 e. The van der Waals surface area contributed by atoms with E-state index in [-0.39, 0.29) is 0 Å². The Kier molecular flexibility index (Phi) is 7.76. The average molecular weight is 292 g/mol. The molecule has 0 aliphatic rings. The minimum atomic E-state index is 0.363. The first-order chi connectivity index (χ1) is 9.97. The summed E-state index contributed by atoms with van der Waals surface area (Å²) in [6.07, 6.45) is 0. The van der Waals surface area contributed by atoms with Crippen LogP contribution in [-0.2, 0) is 0 Å². The number of nitrogens with one attached hydrogen (secondary N) is 1. The SMILES string of the molecule is CCNC(CN(CC(C)C)C(C)C)c1ccc(OC)cc1. The Balaban J connectivity index is 2.83. The van der Waals surface area contributed by atoms with Gasteiger partial charge in [0.2, 0.25) is 0 Å². The maximum atomic E-state index is 5.25. The van der Waals surface area contributed by atoms with Crippen molar-refractivity contribution in [3.8, 4) is 5.75 Å². The molecule has 0 bridgehead atoms. The second-order valence-electron chi connectivity index (χ2n) is 6.32. The molecule has 1 aromatic carbocycles. The van der Waals surface area contributed by atoms with Crippen molar-refractivity contribution in [3.63, 3.8) is 0 Å². The highest BCUT2D eigenvalue weighted by Gasteiger charge is 2.18. The van der Waals surface area contributed by atoms with Crippen molar-refractivity contribution in [2.45, 2.75) is 46.7 Å². The van der Waals surface area contributed by atoms with Gasteiger partial charge < -0.3 is 10.1 Å². The molecule has 1 unspecified atom stereocenters. The Hall–Kier alpha value is -1.06. The number of benzene rings is 1. The van der Waals surface area contributed by atoms with Crippen LogP contribution in [0.1, 0.15) is 46.2 Å². The van der Waals surface area contributed by atoms with Crippen LogP contribution in [0.25, 0.3) is 0 Å². The van der Waals surface area contributed by atoms with Gasteiger partial charge in [0.15, 0.2) is 0 Å². The van der Waals surface area contributed by atoms with E-state index >= 15 is 0 Å². The monoisotopic (exact) mass is 292 g/mol. The zero-order chi connectivity index (χ0) is 15.8. The summed E-state index contributed by atoms with van der Waals surface area (Å²) in [6, 6.07) is 9.35. The molecule has 0 heterocycles. The molecule has 21 heavy (non-hydrogen) atoms. The topological polar surface area (TPSA) is 24.5 Å². The summed E-state index contributed by atoms with van der Waals surface area (Å²) < 4.78 is 5.25. The normalized spacial score (nSPS) is 13.2. The molecule has 3 heteroatoms. The van der Waals surface area contributed by atoms with Crippen LogP contribution in [0.5, 0.6) is 5.75 Å². The van der Waals surface area contributed by atoms with Crippen LogP contribution in [0.15, 0.2) is 24.3 Å². The van der Waals surface area contributed by atoms with Gasteiger partial charge in [-0.3, -0.25) is 4.90 Å². The van der Waals surface area contributed by atoms with Gasteiger partial charge in [0.1, 0.15) is 5.75 Å². The van der Waals surface area contributed by atoms with Gasteiger partial charge in [-0.15, -0.1) is 0 Å². The minimum absolute atomic E-state index is 0.363. The molecule has 0 amide bonds. The molecular weight excluding hydrogens is 260 g/mol. The Labute approximate surface area is 130 Å². The lowest BCUT2D eigenvalue weighted by Crippen LogP contribution is -2.41. The molecule has 0 aliphatic carbocycles. The molecule has 0 aromatic heterocycles. The van der Waals surface area contributed by atoms with E-state index in [4.69, 9.17) is 4.74 Å². The first kappa shape index (κ1) is 18.0. The molecule has 3 nitrogen and oxygen atoms in total. The Bertz CT molecular complexity index is 387. The molecule has 0 spiro atoms. The van der Waals surface area contributed by atoms with Gasteiger partial charge in [0, 0.05) is 25.2 Å². The summed E-state index contributed by atoms with van der Waals surface area (Å²) in [6.45, 7) is 14.4. The largest absolute Gasteiger partial charge is 0.497 e. The van der Waals surface area contributed by atoms with E-state index in [0.29, 0.717) is 18.0 Å². The fourth-order valence-corrected chi connectivity index (χ4v) is 2.57. The van der Waals surface area contributed by atoms with Crippen molar-refractivity contribution in [2.75, 3.05) is 26.7 Å². The minimum Gasteiger partial charge on any atom is -0.497 e. The molecule has 1 N–H and O–H groups in total. The van der Waals surface area contributed by atoms with Crippen LogP contribution in [0.4, 0.5) is 0 Å². The number of nitrogens with zero attached hydrogens (tertiary/aromatic N) is 1. The first-order valence-electron chi connectivity index (χ1n) is 8.09. The van der Waals surface area contributed by atoms with E-state index in [2.05, 4.69) is 57.0 Å². The number of likely N-dealkylation sites (N-methyl/N-ethyl adjacent to an activating group) is 1. The van der Waals surface area contributed by atoms with Crippen LogP contribution >= 0.6 is 0 Å². The smallest absolute Gasteiger partial charge is 0.118 e. The van der Waals surface area contributed by atoms with Crippen LogP contribution < -0.4 is 10.1 Å². The van der Waals surface area contributed by atoms with E-state index in [9.17, 15) is 0 Å². The summed E-state index contributed by atoms with van der Waals surface area (Å²) in [5.41, 5.74) is 1.33. The summed E-state index contributed by atoms with van der Waals surface area (Å²) in [5.74, 6) is 1.60. The third kappa shape index (κ3) is 6.06.